The van der Waals surface area contributed by atoms with E-state index < -0.39 is 0 Å². The third kappa shape index (κ3) is 3.12. The van der Waals surface area contributed by atoms with Gasteiger partial charge in [-0.15, -0.1) is 0 Å². The van der Waals surface area contributed by atoms with Crippen molar-refractivity contribution in [3.8, 4) is 0 Å². The molecular formula is C11H9ClN4S. The number of nitrogens with zero attached hydrogens (tertiary/aromatic N) is 2. The molecule has 3 N–H and O–H groups in total. The van der Waals surface area contributed by atoms with Crippen molar-refractivity contribution in [1.29, 1.82) is 0 Å². The van der Waals surface area contributed by atoms with Gasteiger partial charge in [0.25, 0.3) is 0 Å². The monoisotopic (exact) mass is 264 g/mol. The van der Waals surface area contributed by atoms with Crippen LogP contribution >= 0.6 is 23.8 Å². The molecule has 1 heterocycles. The van der Waals surface area contributed by atoms with E-state index in [1.807, 2.05) is 12.1 Å². The van der Waals surface area contributed by atoms with Gasteiger partial charge < -0.3 is 11.1 Å². The highest BCUT2D eigenvalue weighted by molar-refractivity contribution is 7.80. The molecule has 0 fully saturated rings. The lowest BCUT2D eigenvalue weighted by Crippen LogP contribution is -2.12. The SMILES string of the molecule is NC(=S)c1cnc(Nc2ccc(Cl)cc2)cn1. The van der Waals surface area contributed by atoms with Crippen LogP contribution in [0.2, 0.25) is 5.02 Å². The second kappa shape index (κ2) is 5.07. The van der Waals surface area contributed by atoms with Crippen LogP contribution < -0.4 is 11.1 Å². The maximum Gasteiger partial charge on any atom is 0.148 e. The van der Waals surface area contributed by atoms with E-state index in [9.17, 15) is 0 Å². The fourth-order valence-corrected chi connectivity index (χ4v) is 1.43. The Kier molecular flexibility index (Phi) is 3.51. The maximum absolute atomic E-state index is 5.79. The minimum absolute atomic E-state index is 0.232. The lowest BCUT2D eigenvalue weighted by molar-refractivity contribution is 1.18. The fraction of sp³-hybridized carbons (Fsp3) is 0. The lowest BCUT2D eigenvalue weighted by atomic mass is 10.3. The van der Waals surface area contributed by atoms with Crippen molar-refractivity contribution < 1.29 is 0 Å². The number of hydrogen-bond acceptors (Lipinski definition) is 4. The van der Waals surface area contributed by atoms with Crippen LogP contribution in [0.15, 0.2) is 36.7 Å². The first-order valence-electron chi connectivity index (χ1n) is 4.79. The van der Waals surface area contributed by atoms with Gasteiger partial charge in [-0.3, -0.25) is 0 Å². The quantitative estimate of drug-likeness (QED) is 0.834. The van der Waals surface area contributed by atoms with E-state index in [0.717, 1.165) is 5.69 Å². The summed E-state index contributed by atoms with van der Waals surface area (Å²) in [5.74, 6) is 0.618. The first-order valence-corrected chi connectivity index (χ1v) is 5.58. The molecule has 2 rings (SSSR count). The molecule has 0 amide bonds. The number of benzene rings is 1. The van der Waals surface area contributed by atoms with Crippen LogP contribution in [0.4, 0.5) is 11.5 Å². The fourth-order valence-electron chi connectivity index (χ4n) is 1.20. The zero-order valence-electron chi connectivity index (χ0n) is 8.72. The van der Waals surface area contributed by atoms with Gasteiger partial charge in [0.2, 0.25) is 0 Å². The molecule has 0 aliphatic carbocycles. The number of halogens is 1. The summed E-state index contributed by atoms with van der Waals surface area (Å²) in [6, 6.07) is 7.29. The summed E-state index contributed by atoms with van der Waals surface area (Å²) in [5.41, 5.74) is 6.81. The molecule has 4 nitrogen and oxygen atoms in total. The van der Waals surface area contributed by atoms with Gasteiger partial charge in [0.1, 0.15) is 16.5 Å². The van der Waals surface area contributed by atoms with E-state index in [1.165, 1.54) is 6.20 Å². The number of thiocarbonyl (C=S) groups is 1. The maximum atomic E-state index is 5.79. The Bertz CT molecular complexity index is 524. The topological polar surface area (TPSA) is 63.8 Å². The molecule has 0 spiro atoms. The molecule has 0 aliphatic rings. The Morgan fingerprint density at radius 1 is 1.18 bits per heavy atom. The van der Waals surface area contributed by atoms with Crippen molar-refractivity contribution in [3.05, 3.63) is 47.4 Å². The Labute approximate surface area is 109 Å². The van der Waals surface area contributed by atoms with E-state index in [1.54, 1.807) is 18.3 Å². The Morgan fingerprint density at radius 2 is 1.88 bits per heavy atom. The van der Waals surface area contributed by atoms with Gasteiger partial charge in [0.15, 0.2) is 0 Å². The van der Waals surface area contributed by atoms with Crippen LogP contribution in [-0.4, -0.2) is 15.0 Å². The average Bonchev–Trinajstić information content (AvgIpc) is 2.33. The molecule has 0 unspecified atom stereocenters. The Hall–Kier alpha value is -1.72. The highest BCUT2D eigenvalue weighted by Crippen LogP contribution is 2.16. The molecule has 0 atom stereocenters. The van der Waals surface area contributed by atoms with Gasteiger partial charge in [-0.05, 0) is 24.3 Å². The van der Waals surface area contributed by atoms with Gasteiger partial charge in [0, 0.05) is 10.7 Å². The molecule has 17 heavy (non-hydrogen) atoms. The van der Waals surface area contributed by atoms with E-state index in [2.05, 4.69) is 15.3 Å². The molecule has 2 aromatic rings. The molecule has 0 saturated carbocycles. The van der Waals surface area contributed by atoms with E-state index in [-0.39, 0.29) is 4.99 Å². The average molecular weight is 265 g/mol. The minimum Gasteiger partial charge on any atom is -0.388 e. The van der Waals surface area contributed by atoms with E-state index in [0.29, 0.717) is 16.5 Å². The van der Waals surface area contributed by atoms with Gasteiger partial charge in [-0.25, -0.2) is 9.97 Å². The number of aromatic nitrogens is 2. The standard InChI is InChI=1S/C11H9ClN4S/c12-7-1-3-8(4-2-7)16-10-6-14-9(5-15-10)11(13)17/h1-6H,(H2,13,17)(H,15,16). The van der Waals surface area contributed by atoms with Crippen LogP contribution in [-0.2, 0) is 0 Å². The molecule has 86 valence electrons. The zero-order valence-corrected chi connectivity index (χ0v) is 10.3. The largest absolute Gasteiger partial charge is 0.388 e. The summed E-state index contributed by atoms with van der Waals surface area (Å²) in [4.78, 5) is 8.45. The summed E-state index contributed by atoms with van der Waals surface area (Å²) in [5, 5.41) is 3.77. The van der Waals surface area contributed by atoms with Gasteiger partial charge in [-0.1, -0.05) is 23.8 Å². The predicted molar refractivity (Wildman–Crippen MR) is 72.7 cm³/mol. The van der Waals surface area contributed by atoms with Crippen LogP contribution in [0.5, 0.6) is 0 Å². The van der Waals surface area contributed by atoms with Crippen molar-refractivity contribution in [1.82, 2.24) is 9.97 Å². The van der Waals surface area contributed by atoms with Crippen LogP contribution in [0.1, 0.15) is 5.69 Å². The van der Waals surface area contributed by atoms with E-state index >= 15 is 0 Å². The minimum atomic E-state index is 0.232. The van der Waals surface area contributed by atoms with Crippen molar-refractivity contribution >= 4 is 40.3 Å². The molecule has 1 aromatic heterocycles. The van der Waals surface area contributed by atoms with Crippen molar-refractivity contribution in [2.45, 2.75) is 0 Å². The highest BCUT2D eigenvalue weighted by atomic mass is 35.5. The number of anilines is 2. The smallest absolute Gasteiger partial charge is 0.148 e. The number of hydrogen-bond donors (Lipinski definition) is 2. The normalized spacial score (nSPS) is 9.94. The second-order valence-corrected chi connectivity index (χ2v) is 4.16. The molecular weight excluding hydrogens is 256 g/mol. The highest BCUT2D eigenvalue weighted by Gasteiger charge is 2.00. The van der Waals surface area contributed by atoms with Crippen molar-refractivity contribution in [2.24, 2.45) is 5.73 Å². The summed E-state index contributed by atoms with van der Waals surface area (Å²) in [6.07, 6.45) is 3.10. The molecule has 0 radical (unpaired) electrons. The molecule has 0 saturated heterocycles. The molecule has 0 bridgehead atoms. The van der Waals surface area contributed by atoms with Crippen LogP contribution in [0, 0.1) is 0 Å². The second-order valence-electron chi connectivity index (χ2n) is 3.28. The van der Waals surface area contributed by atoms with Crippen LogP contribution in [0.25, 0.3) is 0 Å². The van der Waals surface area contributed by atoms with Crippen LogP contribution in [0.3, 0.4) is 0 Å². The first kappa shape index (κ1) is 11.8. The summed E-state index contributed by atoms with van der Waals surface area (Å²) >= 11 is 10.6. The first-order chi connectivity index (χ1) is 8.15. The number of rotatable bonds is 3. The van der Waals surface area contributed by atoms with Crippen molar-refractivity contribution in [2.75, 3.05) is 5.32 Å². The molecule has 6 heteroatoms. The summed E-state index contributed by atoms with van der Waals surface area (Å²) in [6.45, 7) is 0. The predicted octanol–water partition coefficient (Wildman–Crippen LogP) is 2.51. The summed E-state index contributed by atoms with van der Waals surface area (Å²) in [7, 11) is 0. The molecule has 0 aliphatic heterocycles. The van der Waals surface area contributed by atoms with Gasteiger partial charge >= 0.3 is 0 Å². The lowest BCUT2D eigenvalue weighted by Gasteiger charge is -2.05. The number of nitrogens with one attached hydrogen (secondary N) is 1. The van der Waals surface area contributed by atoms with Crippen molar-refractivity contribution in [3.63, 3.8) is 0 Å². The molecule has 1 aromatic carbocycles. The van der Waals surface area contributed by atoms with Gasteiger partial charge in [-0.2, -0.15) is 0 Å². The van der Waals surface area contributed by atoms with Gasteiger partial charge in [0.05, 0.1) is 12.4 Å². The third-order valence-electron chi connectivity index (χ3n) is 2.02. The Morgan fingerprint density at radius 3 is 2.41 bits per heavy atom. The zero-order chi connectivity index (χ0) is 12.3. The number of nitrogens with two attached hydrogens (primary N) is 1. The third-order valence-corrected chi connectivity index (χ3v) is 2.48. The van der Waals surface area contributed by atoms with E-state index in [4.69, 9.17) is 29.6 Å². The Balaban J connectivity index is 2.13. The summed E-state index contributed by atoms with van der Waals surface area (Å²) < 4.78 is 0.